The van der Waals surface area contributed by atoms with Gasteiger partial charge in [0.05, 0.1) is 37.0 Å². The molecule has 3 N–H and O–H groups in total. The Balaban J connectivity index is 1.54. The molecule has 1 saturated heterocycles. The second kappa shape index (κ2) is 6.82. The van der Waals surface area contributed by atoms with E-state index in [1.54, 1.807) is 7.11 Å². The number of ether oxygens (including phenoxy) is 2. The molecular formula is C21H23N5O3. The van der Waals surface area contributed by atoms with E-state index in [1.165, 1.54) is 0 Å². The predicted octanol–water partition coefficient (Wildman–Crippen LogP) is 2.14. The Kier molecular flexibility index (Phi) is 4.25. The Labute approximate surface area is 168 Å². The van der Waals surface area contributed by atoms with Crippen LogP contribution in [0.15, 0.2) is 30.3 Å². The molecule has 1 aromatic carbocycles. The Morgan fingerprint density at radius 1 is 1.21 bits per heavy atom. The van der Waals surface area contributed by atoms with Crippen molar-refractivity contribution in [3.05, 3.63) is 35.9 Å². The van der Waals surface area contributed by atoms with Gasteiger partial charge in [-0.15, -0.1) is 0 Å². The molecule has 0 unspecified atom stereocenters. The monoisotopic (exact) mass is 393 g/mol. The number of methoxy groups -OCH3 is 1. The molecule has 1 aliphatic heterocycles. The van der Waals surface area contributed by atoms with Crippen molar-refractivity contribution in [1.29, 1.82) is 0 Å². The fourth-order valence-corrected chi connectivity index (χ4v) is 3.84. The van der Waals surface area contributed by atoms with Gasteiger partial charge in [-0.05, 0) is 43.2 Å². The van der Waals surface area contributed by atoms with Crippen molar-refractivity contribution in [1.82, 2.24) is 15.0 Å². The molecule has 0 bridgehead atoms. The summed E-state index contributed by atoms with van der Waals surface area (Å²) in [5, 5.41) is 10.3. The van der Waals surface area contributed by atoms with Crippen LogP contribution < -0.4 is 15.4 Å². The maximum atomic E-state index is 9.60. The molecule has 5 rings (SSSR count). The molecule has 150 valence electrons. The van der Waals surface area contributed by atoms with Crippen molar-refractivity contribution in [2.24, 2.45) is 0 Å². The van der Waals surface area contributed by atoms with Crippen molar-refractivity contribution in [2.45, 2.75) is 25.0 Å². The van der Waals surface area contributed by atoms with Crippen molar-refractivity contribution < 1.29 is 14.6 Å². The zero-order valence-electron chi connectivity index (χ0n) is 16.3. The summed E-state index contributed by atoms with van der Waals surface area (Å²) < 4.78 is 11.2. The van der Waals surface area contributed by atoms with Crippen molar-refractivity contribution >= 4 is 22.8 Å². The lowest BCUT2D eigenvalue weighted by molar-refractivity contribution is 0.0201. The lowest BCUT2D eigenvalue weighted by Crippen LogP contribution is -2.44. The average Bonchev–Trinajstić information content (AvgIpc) is 3.50. The number of aliphatic hydroxyl groups excluding tert-OH is 1. The van der Waals surface area contributed by atoms with Crippen molar-refractivity contribution in [2.75, 3.05) is 37.4 Å². The summed E-state index contributed by atoms with van der Waals surface area (Å²) in [6, 6.07) is 9.39. The number of hydrogen-bond acceptors (Lipinski definition) is 8. The summed E-state index contributed by atoms with van der Waals surface area (Å²) in [6.07, 6.45) is 2.17. The summed E-state index contributed by atoms with van der Waals surface area (Å²) in [5.74, 6) is 1.67. The Hall–Kier alpha value is -2.97. The highest BCUT2D eigenvalue weighted by molar-refractivity contribution is 5.88. The van der Waals surface area contributed by atoms with E-state index in [9.17, 15) is 5.11 Å². The standard InChI is InChI=1S/C21H23N5O3/c1-28-17-5-2-13(10-14(17)11-27)16-4-3-15-18(22)24-20(25-19(15)23-16)26-8-9-29-21(12-26)6-7-21/h2-5,10,27H,6-9,11-12H2,1H3,(H2,22,23,24,25). The van der Waals surface area contributed by atoms with Crippen molar-refractivity contribution in [3.8, 4) is 17.0 Å². The summed E-state index contributed by atoms with van der Waals surface area (Å²) >= 11 is 0. The number of rotatable bonds is 4. The molecule has 3 aromatic rings. The first-order valence-corrected chi connectivity index (χ1v) is 9.72. The SMILES string of the molecule is COc1ccc(-c2ccc3c(N)nc(N4CCOC5(CC5)C4)nc3n2)cc1CO. The Bertz CT molecular complexity index is 1080. The first kappa shape index (κ1) is 18.1. The van der Waals surface area contributed by atoms with Crippen LogP contribution in [0.5, 0.6) is 5.75 Å². The van der Waals surface area contributed by atoms with Crippen LogP contribution in [0.2, 0.25) is 0 Å². The molecule has 8 nitrogen and oxygen atoms in total. The number of anilines is 2. The molecule has 1 aliphatic carbocycles. The van der Waals surface area contributed by atoms with Crippen LogP contribution >= 0.6 is 0 Å². The second-order valence-corrected chi connectivity index (χ2v) is 7.61. The largest absolute Gasteiger partial charge is 0.496 e. The van der Waals surface area contributed by atoms with Gasteiger partial charge in [0.25, 0.3) is 0 Å². The number of morpholine rings is 1. The van der Waals surface area contributed by atoms with Gasteiger partial charge in [0.15, 0.2) is 5.65 Å². The first-order valence-electron chi connectivity index (χ1n) is 9.72. The molecular weight excluding hydrogens is 370 g/mol. The summed E-state index contributed by atoms with van der Waals surface area (Å²) in [6.45, 7) is 2.09. The lowest BCUT2D eigenvalue weighted by Gasteiger charge is -2.33. The van der Waals surface area contributed by atoms with Gasteiger partial charge in [-0.3, -0.25) is 0 Å². The molecule has 0 atom stereocenters. The smallest absolute Gasteiger partial charge is 0.229 e. The highest BCUT2D eigenvalue weighted by atomic mass is 16.5. The van der Waals surface area contributed by atoms with E-state index in [-0.39, 0.29) is 12.2 Å². The minimum Gasteiger partial charge on any atom is -0.496 e. The number of hydrogen-bond donors (Lipinski definition) is 2. The number of fused-ring (bicyclic) bond motifs is 1. The molecule has 2 fully saturated rings. The van der Waals surface area contributed by atoms with Gasteiger partial charge in [-0.25, -0.2) is 4.98 Å². The van der Waals surface area contributed by atoms with Crippen LogP contribution in [0, 0.1) is 0 Å². The molecule has 2 aromatic heterocycles. The minimum absolute atomic E-state index is 0.0234. The fraction of sp³-hybridized carbons (Fsp3) is 0.381. The van der Waals surface area contributed by atoms with Crippen LogP contribution in [0.25, 0.3) is 22.3 Å². The third-order valence-electron chi connectivity index (χ3n) is 5.66. The number of nitrogens with two attached hydrogens (primary N) is 1. The normalized spacial score (nSPS) is 17.7. The van der Waals surface area contributed by atoms with Gasteiger partial charge in [-0.1, -0.05) is 0 Å². The Morgan fingerprint density at radius 3 is 2.83 bits per heavy atom. The summed E-state index contributed by atoms with van der Waals surface area (Å²) in [4.78, 5) is 16.1. The highest BCUT2D eigenvalue weighted by Crippen LogP contribution is 2.42. The van der Waals surface area contributed by atoms with Gasteiger partial charge in [0, 0.05) is 24.2 Å². The van der Waals surface area contributed by atoms with E-state index in [2.05, 4.69) is 9.88 Å². The third-order valence-corrected chi connectivity index (χ3v) is 5.66. The van der Waals surface area contributed by atoms with Gasteiger partial charge in [0.2, 0.25) is 5.95 Å². The molecule has 0 radical (unpaired) electrons. The highest BCUT2D eigenvalue weighted by Gasteiger charge is 2.48. The topological polar surface area (TPSA) is 107 Å². The molecule has 3 heterocycles. The summed E-state index contributed by atoms with van der Waals surface area (Å²) in [7, 11) is 1.58. The van der Waals surface area contributed by atoms with E-state index >= 15 is 0 Å². The number of pyridine rings is 1. The number of nitrogens with zero attached hydrogens (tertiary/aromatic N) is 4. The zero-order chi connectivity index (χ0) is 20.0. The van der Waals surface area contributed by atoms with Crippen LogP contribution in [0.4, 0.5) is 11.8 Å². The van der Waals surface area contributed by atoms with Gasteiger partial charge >= 0.3 is 0 Å². The Morgan fingerprint density at radius 2 is 2.07 bits per heavy atom. The van der Waals surface area contributed by atoms with Gasteiger partial charge in [0.1, 0.15) is 11.6 Å². The van der Waals surface area contributed by atoms with Crippen LogP contribution in [0.3, 0.4) is 0 Å². The zero-order valence-corrected chi connectivity index (χ0v) is 16.3. The number of benzene rings is 1. The van der Waals surface area contributed by atoms with Crippen LogP contribution in [-0.2, 0) is 11.3 Å². The minimum atomic E-state index is -0.108. The van der Waals surface area contributed by atoms with Crippen LogP contribution in [0.1, 0.15) is 18.4 Å². The molecule has 8 heteroatoms. The summed E-state index contributed by atoms with van der Waals surface area (Å²) in [5.41, 5.74) is 9.09. The van der Waals surface area contributed by atoms with Gasteiger partial charge < -0.3 is 25.2 Å². The molecule has 0 amide bonds. The third kappa shape index (κ3) is 3.24. The van der Waals surface area contributed by atoms with Crippen LogP contribution in [-0.4, -0.2) is 52.5 Å². The van der Waals surface area contributed by atoms with E-state index in [1.807, 2.05) is 30.3 Å². The fourth-order valence-electron chi connectivity index (χ4n) is 3.84. The van der Waals surface area contributed by atoms with Gasteiger partial charge in [-0.2, -0.15) is 9.97 Å². The lowest BCUT2D eigenvalue weighted by atomic mass is 10.1. The molecule has 29 heavy (non-hydrogen) atoms. The van der Waals surface area contributed by atoms with Crippen molar-refractivity contribution in [3.63, 3.8) is 0 Å². The van der Waals surface area contributed by atoms with E-state index in [0.717, 1.165) is 42.6 Å². The number of nitrogen functional groups attached to an aromatic ring is 1. The maximum absolute atomic E-state index is 9.60. The second-order valence-electron chi connectivity index (χ2n) is 7.61. The predicted molar refractivity (Wildman–Crippen MR) is 110 cm³/mol. The maximum Gasteiger partial charge on any atom is 0.229 e. The molecule has 2 aliphatic rings. The first-order chi connectivity index (χ1) is 14.1. The quantitative estimate of drug-likeness (QED) is 0.694. The van der Waals surface area contributed by atoms with E-state index in [0.29, 0.717) is 35.3 Å². The van der Waals surface area contributed by atoms with E-state index in [4.69, 9.17) is 25.2 Å². The molecule has 1 spiro atoms. The van der Waals surface area contributed by atoms with E-state index < -0.39 is 0 Å². The number of aliphatic hydroxyl groups is 1. The average molecular weight is 393 g/mol. The number of aromatic nitrogens is 3. The molecule has 1 saturated carbocycles.